The van der Waals surface area contributed by atoms with Gasteiger partial charge in [0.05, 0.1) is 6.04 Å². The van der Waals surface area contributed by atoms with Crippen LogP contribution in [0, 0.1) is 0 Å². The van der Waals surface area contributed by atoms with Crippen molar-refractivity contribution < 1.29 is 0 Å². The van der Waals surface area contributed by atoms with Crippen LogP contribution in [0.3, 0.4) is 0 Å². The second-order valence-corrected chi connectivity index (χ2v) is 7.18. The molecule has 1 heterocycles. The van der Waals surface area contributed by atoms with Crippen LogP contribution in [0.5, 0.6) is 0 Å². The molecule has 0 aliphatic carbocycles. The number of nitrogens with one attached hydrogen (secondary N) is 1. The van der Waals surface area contributed by atoms with E-state index in [0.29, 0.717) is 0 Å². The summed E-state index contributed by atoms with van der Waals surface area (Å²) in [5.41, 5.74) is 1.23. The Bertz CT molecular complexity index is 522. The van der Waals surface area contributed by atoms with Gasteiger partial charge in [0.1, 0.15) is 4.34 Å². The summed E-state index contributed by atoms with van der Waals surface area (Å²) in [6.07, 6.45) is 0. The van der Waals surface area contributed by atoms with E-state index in [1.165, 1.54) is 10.4 Å². The van der Waals surface area contributed by atoms with E-state index in [9.17, 15) is 0 Å². The zero-order valence-electron chi connectivity index (χ0n) is 9.71. The second kappa shape index (κ2) is 6.53. The fourth-order valence-electron chi connectivity index (χ4n) is 1.78. The number of benzene rings is 1. The predicted molar refractivity (Wildman–Crippen MR) is 86.7 cm³/mol. The minimum Gasteiger partial charge on any atom is -0.306 e. The van der Waals surface area contributed by atoms with Gasteiger partial charge in [0.2, 0.25) is 0 Å². The average Bonchev–Trinajstić information content (AvgIpc) is 2.68. The van der Waals surface area contributed by atoms with E-state index in [2.05, 4.69) is 68.4 Å². The third kappa shape index (κ3) is 3.17. The molecule has 2 rings (SSSR count). The van der Waals surface area contributed by atoms with Gasteiger partial charge < -0.3 is 5.32 Å². The average molecular weight is 410 g/mol. The van der Waals surface area contributed by atoms with Crippen LogP contribution in [0.4, 0.5) is 0 Å². The molecule has 0 aliphatic heterocycles. The van der Waals surface area contributed by atoms with Gasteiger partial charge in [-0.3, -0.25) is 0 Å². The lowest BCUT2D eigenvalue weighted by Gasteiger charge is -2.18. The molecule has 0 spiro atoms. The summed E-state index contributed by atoms with van der Waals surface area (Å²) in [7, 11) is 0. The molecule has 0 amide bonds. The van der Waals surface area contributed by atoms with Gasteiger partial charge in [-0.1, -0.05) is 52.7 Å². The summed E-state index contributed by atoms with van der Waals surface area (Å²) in [6, 6.07) is 10.5. The largest absolute Gasteiger partial charge is 0.306 e. The highest BCUT2D eigenvalue weighted by atomic mass is 79.9. The Kier molecular flexibility index (Phi) is 5.27. The fourth-order valence-corrected chi connectivity index (χ4v) is 4.13. The zero-order valence-corrected chi connectivity index (χ0v) is 14.5. The highest BCUT2D eigenvalue weighted by Crippen LogP contribution is 2.38. The topological polar surface area (TPSA) is 12.0 Å². The summed E-state index contributed by atoms with van der Waals surface area (Å²) in [4.78, 5) is 1.21. The van der Waals surface area contributed by atoms with E-state index < -0.39 is 0 Å². The summed E-state index contributed by atoms with van der Waals surface area (Å²) >= 11 is 14.8. The van der Waals surface area contributed by atoms with Crippen LogP contribution >= 0.6 is 54.8 Å². The molecule has 0 saturated heterocycles. The maximum Gasteiger partial charge on any atom is 0.107 e. The van der Waals surface area contributed by atoms with Crippen LogP contribution < -0.4 is 5.32 Å². The Morgan fingerprint density at radius 2 is 2.00 bits per heavy atom. The first-order valence-electron chi connectivity index (χ1n) is 5.56. The van der Waals surface area contributed by atoms with Crippen molar-refractivity contribution in [3.63, 3.8) is 0 Å². The molecule has 1 atom stereocenters. The third-order valence-electron chi connectivity index (χ3n) is 2.57. The molecule has 1 aromatic heterocycles. The first kappa shape index (κ1) is 14.5. The maximum atomic E-state index is 6.13. The molecule has 96 valence electrons. The van der Waals surface area contributed by atoms with Crippen molar-refractivity contribution in [2.24, 2.45) is 0 Å². The number of thiophene rings is 1. The van der Waals surface area contributed by atoms with E-state index in [1.54, 1.807) is 11.3 Å². The number of halogens is 3. The van der Waals surface area contributed by atoms with Crippen LogP contribution in [0.1, 0.15) is 23.4 Å². The van der Waals surface area contributed by atoms with E-state index >= 15 is 0 Å². The molecule has 0 aliphatic rings. The molecule has 0 radical (unpaired) electrons. The molecule has 18 heavy (non-hydrogen) atoms. The Hall–Kier alpha value is 0.130. The van der Waals surface area contributed by atoms with Crippen molar-refractivity contribution >= 4 is 54.8 Å². The van der Waals surface area contributed by atoms with E-state index in [0.717, 1.165) is 19.8 Å². The highest BCUT2D eigenvalue weighted by Gasteiger charge is 2.18. The van der Waals surface area contributed by atoms with E-state index in [4.69, 9.17) is 11.6 Å². The normalized spacial score (nSPS) is 12.7. The van der Waals surface area contributed by atoms with Crippen molar-refractivity contribution in [3.05, 3.63) is 54.1 Å². The quantitative estimate of drug-likeness (QED) is 0.690. The molecule has 0 saturated carbocycles. The number of rotatable bonds is 4. The van der Waals surface area contributed by atoms with Crippen molar-refractivity contribution in [2.45, 2.75) is 13.0 Å². The smallest absolute Gasteiger partial charge is 0.107 e. The molecule has 1 N–H and O–H groups in total. The lowest BCUT2D eigenvalue weighted by molar-refractivity contribution is 0.637. The van der Waals surface area contributed by atoms with Crippen molar-refractivity contribution in [3.8, 4) is 0 Å². The number of hydrogen-bond acceptors (Lipinski definition) is 2. The molecular formula is C13H12Br2ClNS. The first-order valence-corrected chi connectivity index (χ1v) is 8.34. The van der Waals surface area contributed by atoms with Gasteiger partial charge in [0.25, 0.3) is 0 Å². The SMILES string of the molecule is CCNC(c1cc(Br)c(Cl)s1)c1ccccc1Br. The van der Waals surface area contributed by atoms with Crippen molar-refractivity contribution in [1.29, 1.82) is 0 Å². The van der Waals surface area contributed by atoms with Crippen molar-refractivity contribution in [1.82, 2.24) is 5.32 Å². The summed E-state index contributed by atoms with van der Waals surface area (Å²) < 4.78 is 2.86. The zero-order chi connectivity index (χ0) is 13.1. The van der Waals surface area contributed by atoms with E-state index in [1.807, 2.05) is 6.07 Å². The van der Waals surface area contributed by atoms with Gasteiger partial charge in [-0.2, -0.15) is 0 Å². The lowest BCUT2D eigenvalue weighted by Crippen LogP contribution is -2.21. The summed E-state index contributed by atoms with van der Waals surface area (Å²) in [5, 5.41) is 3.50. The Morgan fingerprint density at radius 1 is 1.28 bits per heavy atom. The van der Waals surface area contributed by atoms with Crippen molar-refractivity contribution in [2.75, 3.05) is 6.54 Å². The molecule has 1 unspecified atom stereocenters. The van der Waals surface area contributed by atoms with Gasteiger partial charge in [0, 0.05) is 13.8 Å². The summed E-state index contributed by atoms with van der Waals surface area (Å²) in [6.45, 7) is 3.01. The molecule has 1 nitrogen and oxygen atoms in total. The first-order chi connectivity index (χ1) is 8.63. The predicted octanol–water partition coefficient (Wildman–Crippen LogP) is 5.63. The Balaban J connectivity index is 2.43. The van der Waals surface area contributed by atoms with Crippen LogP contribution in [-0.4, -0.2) is 6.54 Å². The second-order valence-electron chi connectivity index (χ2n) is 3.78. The van der Waals surface area contributed by atoms with E-state index in [-0.39, 0.29) is 6.04 Å². The van der Waals surface area contributed by atoms with Gasteiger partial charge in [0.15, 0.2) is 0 Å². The van der Waals surface area contributed by atoms with Gasteiger partial charge in [-0.25, -0.2) is 0 Å². The molecular weight excluding hydrogens is 397 g/mol. The van der Waals surface area contributed by atoms with Crippen LogP contribution in [0.25, 0.3) is 0 Å². The monoisotopic (exact) mass is 407 g/mol. The van der Waals surface area contributed by atoms with Crippen LogP contribution in [0.15, 0.2) is 39.3 Å². The van der Waals surface area contributed by atoms with Gasteiger partial charge >= 0.3 is 0 Å². The lowest BCUT2D eigenvalue weighted by atomic mass is 10.1. The standard InChI is InChI=1S/C13H12Br2ClNS/c1-2-17-12(8-5-3-4-6-9(8)14)11-7-10(15)13(16)18-11/h3-7,12,17H,2H2,1H3. The molecule has 5 heteroatoms. The summed E-state index contributed by atoms with van der Waals surface area (Å²) in [5.74, 6) is 0. The van der Waals surface area contributed by atoms with Gasteiger partial charge in [-0.15, -0.1) is 11.3 Å². The fraction of sp³-hybridized carbons (Fsp3) is 0.231. The third-order valence-corrected chi connectivity index (χ3v) is 5.83. The van der Waals surface area contributed by atoms with Gasteiger partial charge in [-0.05, 0) is 40.2 Å². The minimum absolute atomic E-state index is 0.166. The molecule has 2 aromatic rings. The van der Waals surface area contributed by atoms with Crippen LogP contribution in [0.2, 0.25) is 4.34 Å². The molecule has 0 bridgehead atoms. The highest BCUT2D eigenvalue weighted by molar-refractivity contribution is 9.10. The Labute approximate surface area is 133 Å². The Morgan fingerprint density at radius 3 is 2.56 bits per heavy atom. The maximum absolute atomic E-state index is 6.13. The minimum atomic E-state index is 0.166. The molecule has 0 fully saturated rings. The number of hydrogen-bond donors (Lipinski definition) is 1. The molecule has 1 aromatic carbocycles. The van der Waals surface area contributed by atoms with Crippen LogP contribution in [-0.2, 0) is 0 Å².